The van der Waals surface area contributed by atoms with E-state index in [2.05, 4.69) is 15.6 Å². The number of halogens is 3. The van der Waals surface area contributed by atoms with E-state index >= 15 is 0 Å². The van der Waals surface area contributed by atoms with Gasteiger partial charge < -0.3 is 5.32 Å². The van der Waals surface area contributed by atoms with Gasteiger partial charge in [-0.25, -0.2) is 4.68 Å². The summed E-state index contributed by atoms with van der Waals surface area (Å²) < 4.78 is 38.4. The van der Waals surface area contributed by atoms with Crippen LogP contribution < -0.4 is 5.32 Å². The van der Waals surface area contributed by atoms with Crippen LogP contribution in [0.25, 0.3) is 0 Å². The van der Waals surface area contributed by atoms with Crippen LogP contribution in [0.1, 0.15) is 18.3 Å². The molecule has 0 aliphatic rings. The second-order valence-electron chi connectivity index (χ2n) is 2.73. The molecule has 0 bridgehead atoms. The van der Waals surface area contributed by atoms with Gasteiger partial charge in [0.05, 0.1) is 0 Å². The molecule has 1 aromatic rings. The van der Waals surface area contributed by atoms with Crippen molar-refractivity contribution in [1.82, 2.24) is 20.3 Å². The summed E-state index contributed by atoms with van der Waals surface area (Å²) >= 11 is 0. The lowest BCUT2D eigenvalue weighted by atomic mass is 10.3. The summed E-state index contributed by atoms with van der Waals surface area (Å²) in [6.07, 6.45) is -4.40. The molecule has 0 aliphatic carbocycles. The lowest BCUT2D eigenvalue weighted by molar-refractivity contribution is -0.144. The molecule has 7 heteroatoms. The van der Waals surface area contributed by atoms with Crippen molar-refractivity contribution >= 4 is 0 Å². The van der Waals surface area contributed by atoms with Crippen molar-refractivity contribution in [3.8, 4) is 0 Å². The highest BCUT2D eigenvalue weighted by molar-refractivity contribution is 5.13. The molecular formula is C7H11F3N4. The fourth-order valence-electron chi connectivity index (χ4n) is 1.17. The predicted octanol–water partition coefficient (Wildman–Crippen LogP) is 1.04. The molecule has 0 radical (unpaired) electrons. The van der Waals surface area contributed by atoms with Gasteiger partial charge in [-0.15, -0.1) is 5.10 Å². The number of hydrogen-bond acceptors (Lipinski definition) is 3. The number of nitrogens with one attached hydrogen (secondary N) is 1. The van der Waals surface area contributed by atoms with E-state index in [1.54, 1.807) is 14.0 Å². The van der Waals surface area contributed by atoms with Gasteiger partial charge in [-0.1, -0.05) is 5.21 Å². The van der Waals surface area contributed by atoms with Gasteiger partial charge in [-0.3, -0.25) is 0 Å². The lowest BCUT2D eigenvalue weighted by Crippen LogP contribution is -2.18. The minimum absolute atomic E-state index is 0.0643. The van der Waals surface area contributed by atoms with E-state index in [9.17, 15) is 13.2 Å². The maximum absolute atomic E-state index is 12.5. The summed E-state index contributed by atoms with van der Waals surface area (Å²) in [6.45, 7) is 1.81. The van der Waals surface area contributed by atoms with Gasteiger partial charge in [0.2, 0.25) is 0 Å². The van der Waals surface area contributed by atoms with E-state index in [4.69, 9.17) is 0 Å². The van der Waals surface area contributed by atoms with E-state index in [0.717, 1.165) is 4.68 Å². The fraction of sp³-hybridized carbons (Fsp3) is 0.714. The van der Waals surface area contributed by atoms with Gasteiger partial charge in [0, 0.05) is 13.1 Å². The van der Waals surface area contributed by atoms with Crippen molar-refractivity contribution in [3.05, 3.63) is 11.4 Å². The highest BCUT2D eigenvalue weighted by Crippen LogP contribution is 2.30. The van der Waals surface area contributed by atoms with Crippen LogP contribution >= 0.6 is 0 Å². The Kier molecular flexibility index (Phi) is 3.10. The zero-order valence-corrected chi connectivity index (χ0v) is 7.89. The van der Waals surface area contributed by atoms with Crippen LogP contribution in [-0.2, 0) is 19.3 Å². The molecule has 0 saturated heterocycles. The van der Waals surface area contributed by atoms with Crippen molar-refractivity contribution in [2.75, 3.05) is 7.05 Å². The Bertz CT molecular complexity index is 304. The first-order chi connectivity index (χ1) is 6.50. The van der Waals surface area contributed by atoms with Crippen LogP contribution in [0.15, 0.2) is 0 Å². The lowest BCUT2D eigenvalue weighted by Gasteiger charge is -2.09. The maximum Gasteiger partial charge on any atom is 0.434 e. The predicted molar refractivity (Wildman–Crippen MR) is 43.5 cm³/mol. The number of nitrogens with zero attached hydrogens (tertiary/aromatic N) is 3. The summed E-state index contributed by atoms with van der Waals surface area (Å²) in [4.78, 5) is 0. The number of hydrogen-bond donors (Lipinski definition) is 1. The Labute approximate surface area is 79.1 Å². The Balaban J connectivity index is 3.13. The summed E-state index contributed by atoms with van der Waals surface area (Å²) in [7, 11) is 1.56. The molecule has 1 aromatic heterocycles. The zero-order valence-electron chi connectivity index (χ0n) is 7.89. The topological polar surface area (TPSA) is 42.7 Å². The van der Waals surface area contributed by atoms with Gasteiger partial charge >= 0.3 is 6.18 Å². The summed E-state index contributed by atoms with van der Waals surface area (Å²) in [5.41, 5.74) is -0.837. The van der Waals surface area contributed by atoms with Crippen molar-refractivity contribution in [3.63, 3.8) is 0 Å². The van der Waals surface area contributed by atoms with E-state index in [0.29, 0.717) is 0 Å². The maximum atomic E-state index is 12.5. The third-order valence-corrected chi connectivity index (χ3v) is 1.72. The Morgan fingerprint density at radius 1 is 1.43 bits per heavy atom. The second kappa shape index (κ2) is 3.95. The van der Waals surface area contributed by atoms with Crippen molar-refractivity contribution in [1.29, 1.82) is 0 Å². The first-order valence-electron chi connectivity index (χ1n) is 4.14. The van der Waals surface area contributed by atoms with E-state index < -0.39 is 11.9 Å². The SMILES string of the molecule is CCn1nnc(CNC)c1C(F)(F)F. The van der Waals surface area contributed by atoms with Gasteiger partial charge in [-0.2, -0.15) is 13.2 Å². The van der Waals surface area contributed by atoms with Crippen LogP contribution in [0.4, 0.5) is 13.2 Å². The zero-order chi connectivity index (χ0) is 10.8. The molecule has 0 atom stereocenters. The first-order valence-corrected chi connectivity index (χ1v) is 4.14. The smallest absolute Gasteiger partial charge is 0.314 e. The minimum atomic E-state index is -4.40. The van der Waals surface area contributed by atoms with Gasteiger partial charge in [0.1, 0.15) is 5.69 Å². The van der Waals surface area contributed by atoms with Crippen molar-refractivity contribution in [2.45, 2.75) is 26.2 Å². The van der Waals surface area contributed by atoms with E-state index in [1.807, 2.05) is 0 Å². The average Bonchev–Trinajstić information content (AvgIpc) is 2.47. The number of alkyl halides is 3. The largest absolute Gasteiger partial charge is 0.434 e. The van der Waals surface area contributed by atoms with Gasteiger partial charge in [0.15, 0.2) is 5.69 Å². The van der Waals surface area contributed by atoms with Crippen LogP contribution in [0.3, 0.4) is 0 Å². The molecule has 80 valence electrons. The minimum Gasteiger partial charge on any atom is -0.314 e. The molecule has 0 aliphatic heterocycles. The van der Waals surface area contributed by atoms with E-state index in [-0.39, 0.29) is 18.8 Å². The highest BCUT2D eigenvalue weighted by Gasteiger charge is 2.38. The number of rotatable bonds is 3. The molecule has 4 nitrogen and oxygen atoms in total. The quantitative estimate of drug-likeness (QED) is 0.806. The Hall–Kier alpha value is -1.11. The van der Waals surface area contributed by atoms with Gasteiger partial charge in [0.25, 0.3) is 0 Å². The molecule has 0 saturated carbocycles. The number of aryl methyl sites for hydroxylation is 1. The van der Waals surface area contributed by atoms with Crippen LogP contribution in [0, 0.1) is 0 Å². The molecule has 1 N–H and O–H groups in total. The molecule has 0 aromatic carbocycles. The Morgan fingerprint density at radius 2 is 2.07 bits per heavy atom. The Morgan fingerprint density at radius 3 is 2.50 bits per heavy atom. The monoisotopic (exact) mass is 208 g/mol. The summed E-state index contributed by atoms with van der Waals surface area (Å²) in [5.74, 6) is 0. The molecule has 1 rings (SSSR count). The third-order valence-electron chi connectivity index (χ3n) is 1.72. The molecule has 0 fully saturated rings. The normalized spacial score (nSPS) is 12.1. The molecule has 0 amide bonds. The standard InChI is InChI=1S/C7H11F3N4/c1-3-14-6(7(8,9)10)5(4-11-2)12-13-14/h11H,3-4H2,1-2H3. The summed E-state index contributed by atoms with van der Waals surface area (Å²) in [5, 5.41) is 9.52. The molecule has 1 heterocycles. The van der Waals surface area contributed by atoms with E-state index in [1.165, 1.54) is 0 Å². The molecule has 14 heavy (non-hydrogen) atoms. The molecule has 0 spiro atoms. The highest BCUT2D eigenvalue weighted by atomic mass is 19.4. The first kappa shape index (κ1) is 11.0. The van der Waals surface area contributed by atoms with Crippen LogP contribution in [0.2, 0.25) is 0 Å². The van der Waals surface area contributed by atoms with Crippen molar-refractivity contribution in [2.24, 2.45) is 0 Å². The average molecular weight is 208 g/mol. The number of aromatic nitrogens is 3. The molecular weight excluding hydrogens is 197 g/mol. The van der Waals surface area contributed by atoms with Crippen LogP contribution in [0.5, 0.6) is 0 Å². The second-order valence-corrected chi connectivity index (χ2v) is 2.73. The fourth-order valence-corrected chi connectivity index (χ4v) is 1.17. The van der Waals surface area contributed by atoms with Crippen LogP contribution in [-0.4, -0.2) is 22.0 Å². The third kappa shape index (κ3) is 2.03. The van der Waals surface area contributed by atoms with Crippen molar-refractivity contribution < 1.29 is 13.2 Å². The van der Waals surface area contributed by atoms with Gasteiger partial charge in [-0.05, 0) is 14.0 Å². The summed E-state index contributed by atoms with van der Waals surface area (Å²) in [6, 6.07) is 0. The molecule has 0 unspecified atom stereocenters.